The third-order valence-electron chi connectivity index (χ3n) is 3.24. The molecule has 1 atom stereocenters. The Labute approximate surface area is 118 Å². The number of amides is 1. The van der Waals surface area contributed by atoms with Gasteiger partial charge >= 0.3 is 0 Å². The summed E-state index contributed by atoms with van der Waals surface area (Å²) in [5.74, 6) is -0.205. The van der Waals surface area contributed by atoms with Gasteiger partial charge in [0.15, 0.2) is 0 Å². The van der Waals surface area contributed by atoms with Gasteiger partial charge in [0.05, 0.1) is 23.9 Å². The normalized spacial score (nSPS) is 12.2. The monoisotopic (exact) mass is 273 g/mol. The number of carbonyl (C=O) groups excluding carboxylic acids is 1. The van der Waals surface area contributed by atoms with E-state index in [1.54, 1.807) is 13.8 Å². The zero-order valence-corrected chi connectivity index (χ0v) is 11.7. The van der Waals surface area contributed by atoms with Gasteiger partial charge in [-0.2, -0.15) is 5.10 Å². The van der Waals surface area contributed by atoms with Crippen molar-refractivity contribution in [2.75, 3.05) is 6.61 Å². The third kappa shape index (κ3) is 3.24. The van der Waals surface area contributed by atoms with Gasteiger partial charge in [-0.15, -0.1) is 0 Å². The molecule has 1 amide bonds. The van der Waals surface area contributed by atoms with Gasteiger partial charge in [-0.3, -0.25) is 9.89 Å². The van der Waals surface area contributed by atoms with E-state index in [0.29, 0.717) is 17.7 Å². The summed E-state index contributed by atoms with van der Waals surface area (Å²) >= 11 is 0. The standard InChI is InChI=1S/C15H19N3O2/c1-10-14(11(2)18-17-10)15(20)16-13(9-19)8-12-6-4-3-5-7-12/h3-7,13,19H,8-9H2,1-2H3,(H,16,20)(H,17,18). The van der Waals surface area contributed by atoms with Crippen molar-refractivity contribution in [3.63, 3.8) is 0 Å². The van der Waals surface area contributed by atoms with E-state index in [9.17, 15) is 9.90 Å². The van der Waals surface area contributed by atoms with Crippen LogP contribution in [0.5, 0.6) is 0 Å². The molecule has 2 aromatic rings. The summed E-state index contributed by atoms with van der Waals surface area (Å²) in [4.78, 5) is 12.2. The van der Waals surface area contributed by atoms with Crippen LogP contribution in [-0.4, -0.2) is 33.9 Å². The molecule has 0 radical (unpaired) electrons. The summed E-state index contributed by atoms with van der Waals surface area (Å²) in [6.45, 7) is 3.49. The van der Waals surface area contributed by atoms with E-state index in [1.807, 2.05) is 30.3 Å². The van der Waals surface area contributed by atoms with Crippen molar-refractivity contribution in [2.45, 2.75) is 26.3 Å². The quantitative estimate of drug-likeness (QED) is 0.769. The van der Waals surface area contributed by atoms with Crippen LogP contribution in [0.15, 0.2) is 30.3 Å². The Balaban J connectivity index is 2.05. The lowest BCUT2D eigenvalue weighted by Crippen LogP contribution is -2.39. The number of H-pyrrole nitrogens is 1. The molecule has 0 bridgehead atoms. The van der Waals surface area contributed by atoms with Crippen molar-refractivity contribution >= 4 is 5.91 Å². The molecule has 5 heteroatoms. The molecule has 0 aliphatic rings. The second kappa shape index (κ2) is 6.34. The van der Waals surface area contributed by atoms with Gasteiger partial charge in [0.25, 0.3) is 5.91 Å². The van der Waals surface area contributed by atoms with E-state index in [1.165, 1.54) is 0 Å². The van der Waals surface area contributed by atoms with Crippen molar-refractivity contribution in [3.8, 4) is 0 Å². The lowest BCUT2D eigenvalue weighted by Gasteiger charge is -2.16. The van der Waals surface area contributed by atoms with Crippen LogP contribution < -0.4 is 5.32 Å². The molecule has 0 aliphatic carbocycles. The Morgan fingerprint density at radius 1 is 1.35 bits per heavy atom. The molecule has 0 saturated carbocycles. The Kier molecular flexibility index (Phi) is 4.53. The number of aliphatic hydroxyl groups excluding tert-OH is 1. The zero-order chi connectivity index (χ0) is 14.5. The first-order valence-electron chi connectivity index (χ1n) is 6.59. The number of aromatic amines is 1. The van der Waals surface area contributed by atoms with Crippen LogP contribution in [0.4, 0.5) is 0 Å². The minimum atomic E-state index is -0.307. The van der Waals surface area contributed by atoms with Gasteiger partial charge in [0.1, 0.15) is 0 Å². The zero-order valence-electron chi connectivity index (χ0n) is 11.7. The highest BCUT2D eigenvalue weighted by Crippen LogP contribution is 2.10. The molecule has 1 heterocycles. The minimum absolute atomic E-state index is 0.101. The average Bonchev–Trinajstić information content (AvgIpc) is 2.78. The van der Waals surface area contributed by atoms with Crippen LogP contribution in [0, 0.1) is 13.8 Å². The van der Waals surface area contributed by atoms with Crippen LogP contribution in [0.1, 0.15) is 27.3 Å². The van der Waals surface area contributed by atoms with Gasteiger partial charge in [0, 0.05) is 5.69 Å². The molecule has 20 heavy (non-hydrogen) atoms. The number of carbonyl (C=O) groups is 1. The number of nitrogens with one attached hydrogen (secondary N) is 2. The first-order valence-corrected chi connectivity index (χ1v) is 6.59. The fourth-order valence-electron chi connectivity index (χ4n) is 2.20. The molecule has 106 valence electrons. The summed E-state index contributed by atoms with van der Waals surface area (Å²) in [6, 6.07) is 9.46. The fraction of sp³-hybridized carbons (Fsp3) is 0.333. The first kappa shape index (κ1) is 14.3. The second-order valence-corrected chi connectivity index (χ2v) is 4.85. The number of nitrogens with zero attached hydrogens (tertiary/aromatic N) is 1. The number of aliphatic hydroxyl groups is 1. The van der Waals surface area contributed by atoms with Crippen LogP contribution in [0.2, 0.25) is 0 Å². The number of aryl methyl sites for hydroxylation is 2. The lowest BCUT2D eigenvalue weighted by atomic mass is 10.1. The van der Waals surface area contributed by atoms with Crippen LogP contribution in [0.25, 0.3) is 0 Å². The molecule has 1 unspecified atom stereocenters. The number of hydrogen-bond donors (Lipinski definition) is 3. The molecule has 0 spiro atoms. The Morgan fingerprint density at radius 2 is 2.05 bits per heavy atom. The molecule has 0 saturated heterocycles. The fourth-order valence-corrected chi connectivity index (χ4v) is 2.20. The van der Waals surface area contributed by atoms with Gasteiger partial charge in [-0.25, -0.2) is 0 Å². The Morgan fingerprint density at radius 3 is 2.60 bits per heavy atom. The Bertz CT molecular complexity index is 559. The average molecular weight is 273 g/mol. The van der Waals surface area contributed by atoms with Crippen LogP contribution in [-0.2, 0) is 6.42 Å². The second-order valence-electron chi connectivity index (χ2n) is 4.85. The van der Waals surface area contributed by atoms with Gasteiger partial charge in [-0.1, -0.05) is 30.3 Å². The van der Waals surface area contributed by atoms with Gasteiger partial charge in [0.2, 0.25) is 0 Å². The van der Waals surface area contributed by atoms with Gasteiger partial charge in [-0.05, 0) is 25.8 Å². The molecule has 5 nitrogen and oxygen atoms in total. The topological polar surface area (TPSA) is 78.0 Å². The van der Waals surface area contributed by atoms with Crippen molar-refractivity contribution < 1.29 is 9.90 Å². The minimum Gasteiger partial charge on any atom is -0.394 e. The highest BCUT2D eigenvalue weighted by atomic mass is 16.3. The van der Waals surface area contributed by atoms with Crippen molar-refractivity contribution in [1.82, 2.24) is 15.5 Å². The summed E-state index contributed by atoms with van der Waals surface area (Å²) in [5, 5.41) is 19.1. The number of benzene rings is 1. The SMILES string of the molecule is Cc1n[nH]c(C)c1C(=O)NC(CO)Cc1ccccc1. The maximum absolute atomic E-state index is 12.2. The molecule has 1 aromatic heterocycles. The van der Waals surface area contributed by atoms with Crippen molar-refractivity contribution in [2.24, 2.45) is 0 Å². The van der Waals surface area contributed by atoms with E-state index in [0.717, 1.165) is 11.3 Å². The summed E-state index contributed by atoms with van der Waals surface area (Å²) in [5.41, 5.74) is 3.02. The predicted molar refractivity (Wildman–Crippen MR) is 76.5 cm³/mol. The molecule has 1 aromatic carbocycles. The first-order chi connectivity index (χ1) is 9.61. The smallest absolute Gasteiger partial charge is 0.255 e. The Hall–Kier alpha value is -2.14. The highest BCUT2D eigenvalue weighted by molar-refractivity contribution is 5.96. The highest BCUT2D eigenvalue weighted by Gasteiger charge is 2.18. The maximum Gasteiger partial charge on any atom is 0.255 e. The van der Waals surface area contributed by atoms with E-state index < -0.39 is 0 Å². The summed E-state index contributed by atoms with van der Waals surface area (Å²) < 4.78 is 0. The molecular formula is C15H19N3O2. The van der Waals surface area contributed by atoms with E-state index in [4.69, 9.17) is 0 Å². The van der Waals surface area contributed by atoms with Crippen molar-refractivity contribution in [3.05, 3.63) is 52.8 Å². The summed E-state index contributed by atoms with van der Waals surface area (Å²) in [7, 11) is 0. The van der Waals surface area contributed by atoms with Crippen LogP contribution >= 0.6 is 0 Å². The maximum atomic E-state index is 12.2. The molecule has 0 aliphatic heterocycles. The predicted octanol–water partition coefficient (Wildman–Crippen LogP) is 1.36. The summed E-state index contributed by atoms with van der Waals surface area (Å²) in [6.07, 6.45) is 0.596. The van der Waals surface area contributed by atoms with E-state index >= 15 is 0 Å². The molecule has 3 N–H and O–H groups in total. The molecular weight excluding hydrogens is 254 g/mol. The largest absolute Gasteiger partial charge is 0.394 e. The molecule has 2 rings (SSSR count). The van der Waals surface area contributed by atoms with Crippen LogP contribution in [0.3, 0.4) is 0 Å². The van der Waals surface area contributed by atoms with Crippen molar-refractivity contribution in [1.29, 1.82) is 0 Å². The number of aromatic nitrogens is 2. The number of hydrogen-bond acceptors (Lipinski definition) is 3. The van der Waals surface area contributed by atoms with Gasteiger partial charge < -0.3 is 10.4 Å². The van der Waals surface area contributed by atoms with E-state index in [2.05, 4.69) is 15.5 Å². The molecule has 0 fully saturated rings. The lowest BCUT2D eigenvalue weighted by molar-refractivity contribution is 0.0915. The third-order valence-corrected chi connectivity index (χ3v) is 3.24. The number of rotatable bonds is 5. The van der Waals surface area contributed by atoms with E-state index in [-0.39, 0.29) is 18.6 Å².